The van der Waals surface area contributed by atoms with Gasteiger partial charge in [0.25, 0.3) is 5.91 Å². The van der Waals surface area contributed by atoms with Crippen LogP contribution in [0.1, 0.15) is 22.7 Å². The minimum Gasteiger partial charge on any atom is -0.346 e. The van der Waals surface area contributed by atoms with Crippen molar-refractivity contribution in [2.24, 2.45) is 0 Å². The highest BCUT2D eigenvalue weighted by Gasteiger charge is 2.22. The standard InChI is InChI=1S/C16H16N6O/c23-16(19-12-6-7-15-17-8-9-21(15)11-12)14-10-18-22(20-14)13-4-2-1-3-5-13/h1-5,8-10,12H,6-7,11H2,(H,19,23)/t12-/m1/s1. The van der Waals surface area contributed by atoms with Gasteiger partial charge in [0.2, 0.25) is 0 Å². The summed E-state index contributed by atoms with van der Waals surface area (Å²) < 4.78 is 2.08. The number of nitrogens with one attached hydrogen (secondary N) is 1. The molecule has 0 fully saturated rings. The van der Waals surface area contributed by atoms with E-state index < -0.39 is 0 Å². The Morgan fingerprint density at radius 3 is 3.00 bits per heavy atom. The first-order valence-corrected chi connectivity index (χ1v) is 7.58. The topological polar surface area (TPSA) is 77.6 Å². The zero-order valence-electron chi connectivity index (χ0n) is 12.5. The van der Waals surface area contributed by atoms with Gasteiger partial charge in [-0.05, 0) is 18.6 Å². The number of carbonyl (C=O) groups is 1. The van der Waals surface area contributed by atoms with Gasteiger partial charge >= 0.3 is 0 Å². The fourth-order valence-electron chi connectivity index (χ4n) is 2.80. The van der Waals surface area contributed by atoms with E-state index in [0.29, 0.717) is 5.69 Å². The fourth-order valence-corrected chi connectivity index (χ4v) is 2.80. The predicted molar refractivity (Wildman–Crippen MR) is 83.2 cm³/mol. The number of amides is 1. The molecule has 3 aromatic rings. The SMILES string of the molecule is O=C(N[C@@H]1CCc2nccn2C1)c1cnn(-c2ccccc2)n1. The predicted octanol–water partition coefficient (Wildman–Crippen LogP) is 1.21. The van der Waals surface area contributed by atoms with Gasteiger partial charge < -0.3 is 9.88 Å². The first-order valence-electron chi connectivity index (χ1n) is 7.58. The molecule has 7 heteroatoms. The number of rotatable bonds is 3. The summed E-state index contributed by atoms with van der Waals surface area (Å²) in [6, 6.07) is 9.61. The zero-order valence-corrected chi connectivity index (χ0v) is 12.5. The van der Waals surface area contributed by atoms with E-state index in [9.17, 15) is 4.79 Å². The molecular formula is C16H16N6O. The Morgan fingerprint density at radius 1 is 1.26 bits per heavy atom. The van der Waals surface area contributed by atoms with Crippen LogP contribution in [0.2, 0.25) is 0 Å². The van der Waals surface area contributed by atoms with Crippen LogP contribution in [0.25, 0.3) is 5.69 Å². The van der Waals surface area contributed by atoms with Crippen LogP contribution in [-0.2, 0) is 13.0 Å². The summed E-state index contributed by atoms with van der Waals surface area (Å²) in [4.78, 5) is 18.1. The Kier molecular flexibility index (Phi) is 3.38. The average molecular weight is 308 g/mol. The van der Waals surface area contributed by atoms with E-state index in [1.807, 2.05) is 36.5 Å². The lowest BCUT2D eigenvalue weighted by Crippen LogP contribution is -2.41. The minimum atomic E-state index is -0.194. The smallest absolute Gasteiger partial charge is 0.273 e. The molecule has 0 aliphatic carbocycles. The molecule has 1 amide bonds. The molecule has 1 aliphatic rings. The lowest BCUT2D eigenvalue weighted by atomic mass is 10.1. The molecule has 1 aliphatic heterocycles. The van der Waals surface area contributed by atoms with Crippen molar-refractivity contribution in [3.63, 3.8) is 0 Å². The van der Waals surface area contributed by atoms with E-state index in [1.165, 1.54) is 11.0 Å². The van der Waals surface area contributed by atoms with Crippen molar-refractivity contribution in [2.45, 2.75) is 25.4 Å². The molecule has 116 valence electrons. The number of para-hydroxylation sites is 1. The zero-order chi connectivity index (χ0) is 15.6. The maximum Gasteiger partial charge on any atom is 0.273 e. The summed E-state index contributed by atoms with van der Waals surface area (Å²) in [7, 11) is 0. The molecule has 0 radical (unpaired) electrons. The lowest BCUT2D eigenvalue weighted by molar-refractivity contribution is 0.0922. The maximum atomic E-state index is 12.4. The van der Waals surface area contributed by atoms with E-state index >= 15 is 0 Å². The largest absolute Gasteiger partial charge is 0.346 e. The molecule has 4 rings (SSSR count). The fraction of sp³-hybridized carbons (Fsp3) is 0.250. The van der Waals surface area contributed by atoms with Crippen LogP contribution in [0.5, 0.6) is 0 Å². The summed E-state index contributed by atoms with van der Waals surface area (Å²) in [5, 5.41) is 11.4. The van der Waals surface area contributed by atoms with E-state index in [2.05, 4.69) is 25.1 Å². The second-order valence-corrected chi connectivity index (χ2v) is 5.56. The molecule has 0 saturated heterocycles. The number of nitrogens with zero attached hydrogens (tertiary/aromatic N) is 5. The highest BCUT2D eigenvalue weighted by molar-refractivity contribution is 5.92. The van der Waals surface area contributed by atoms with Gasteiger partial charge in [0.05, 0.1) is 11.9 Å². The molecule has 1 N–H and O–H groups in total. The summed E-state index contributed by atoms with van der Waals surface area (Å²) in [6.07, 6.45) is 6.99. The summed E-state index contributed by atoms with van der Waals surface area (Å²) in [6.45, 7) is 0.744. The molecule has 7 nitrogen and oxygen atoms in total. The minimum absolute atomic E-state index is 0.0890. The first-order chi connectivity index (χ1) is 11.3. The molecule has 0 saturated carbocycles. The molecule has 0 bridgehead atoms. The Morgan fingerprint density at radius 2 is 2.13 bits per heavy atom. The second kappa shape index (κ2) is 5.68. The molecule has 2 aromatic heterocycles. The Bertz CT molecular complexity index is 822. The quantitative estimate of drug-likeness (QED) is 0.789. The van der Waals surface area contributed by atoms with Crippen molar-refractivity contribution in [1.29, 1.82) is 0 Å². The van der Waals surface area contributed by atoms with E-state index in [4.69, 9.17) is 0 Å². The van der Waals surface area contributed by atoms with Crippen molar-refractivity contribution >= 4 is 5.91 Å². The normalized spacial score (nSPS) is 16.8. The maximum absolute atomic E-state index is 12.4. The van der Waals surface area contributed by atoms with Gasteiger partial charge in [0, 0.05) is 31.4 Å². The Hall–Kier alpha value is -2.96. The van der Waals surface area contributed by atoms with Crippen molar-refractivity contribution in [2.75, 3.05) is 0 Å². The molecule has 0 spiro atoms. The number of imidazole rings is 1. The Balaban J connectivity index is 1.45. The molecular weight excluding hydrogens is 292 g/mol. The first kappa shape index (κ1) is 13.7. The molecule has 1 atom stereocenters. The number of carbonyl (C=O) groups excluding carboxylic acids is 1. The van der Waals surface area contributed by atoms with Crippen LogP contribution in [0.15, 0.2) is 48.9 Å². The van der Waals surface area contributed by atoms with Gasteiger partial charge in [-0.3, -0.25) is 4.79 Å². The van der Waals surface area contributed by atoms with E-state index in [1.54, 1.807) is 6.20 Å². The number of hydrogen-bond acceptors (Lipinski definition) is 4. The average Bonchev–Trinajstić information content (AvgIpc) is 3.24. The van der Waals surface area contributed by atoms with Crippen LogP contribution in [0.3, 0.4) is 0 Å². The van der Waals surface area contributed by atoms with Crippen LogP contribution < -0.4 is 5.32 Å². The number of hydrogen-bond donors (Lipinski definition) is 1. The highest BCUT2D eigenvalue weighted by Crippen LogP contribution is 2.13. The van der Waals surface area contributed by atoms with Gasteiger partial charge in [-0.15, -0.1) is 5.10 Å². The van der Waals surface area contributed by atoms with Gasteiger partial charge in [-0.25, -0.2) is 4.98 Å². The van der Waals surface area contributed by atoms with Crippen LogP contribution >= 0.6 is 0 Å². The number of aryl methyl sites for hydroxylation is 1. The summed E-state index contributed by atoms with van der Waals surface area (Å²) in [5.41, 5.74) is 1.15. The third kappa shape index (κ3) is 2.73. The third-order valence-corrected chi connectivity index (χ3v) is 3.98. The van der Waals surface area contributed by atoms with Crippen LogP contribution in [-0.4, -0.2) is 36.5 Å². The summed E-state index contributed by atoms with van der Waals surface area (Å²) >= 11 is 0. The molecule has 0 unspecified atom stereocenters. The lowest BCUT2D eigenvalue weighted by Gasteiger charge is -2.24. The van der Waals surface area contributed by atoms with Crippen molar-refractivity contribution < 1.29 is 4.79 Å². The second-order valence-electron chi connectivity index (χ2n) is 5.56. The van der Waals surface area contributed by atoms with Gasteiger partial charge in [-0.1, -0.05) is 18.2 Å². The summed E-state index contributed by atoms with van der Waals surface area (Å²) in [5.74, 6) is 0.881. The van der Waals surface area contributed by atoms with Gasteiger partial charge in [0.15, 0.2) is 5.69 Å². The Labute approximate surface area is 133 Å². The molecule has 23 heavy (non-hydrogen) atoms. The van der Waals surface area contributed by atoms with Gasteiger partial charge in [-0.2, -0.15) is 9.90 Å². The highest BCUT2D eigenvalue weighted by atomic mass is 16.2. The molecule has 1 aromatic carbocycles. The molecule has 3 heterocycles. The third-order valence-electron chi connectivity index (χ3n) is 3.98. The van der Waals surface area contributed by atoms with Crippen molar-refractivity contribution in [1.82, 2.24) is 29.9 Å². The number of fused-ring (bicyclic) bond motifs is 1. The van der Waals surface area contributed by atoms with E-state index in [-0.39, 0.29) is 11.9 Å². The van der Waals surface area contributed by atoms with Crippen molar-refractivity contribution in [3.05, 3.63) is 60.4 Å². The van der Waals surface area contributed by atoms with Crippen LogP contribution in [0.4, 0.5) is 0 Å². The van der Waals surface area contributed by atoms with Crippen molar-refractivity contribution in [3.8, 4) is 5.69 Å². The number of benzene rings is 1. The number of aromatic nitrogens is 5. The monoisotopic (exact) mass is 308 g/mol. The van der Waals surface area contributed by atoms with Gasteiger partial charge in [0.1, 0.15) is 5.82 Å². The van der Waals surface area contributed by atoms with Crippen LogP contribution in [0, 0.1) is 0 Å². The van der Waals surface area contributed by atoms with E-state index in [0.717, 1.165) is 30.9 Å².